The lowest BCUT2D eigenvalue weighted by atomic mass is 9.78. The van der Waals surface area contributed by atoms with Gasteiger partial charge in [0.05, 0.1) is 5.69 Å². The molecule has 0 aliphatic heterocycles. The Hall–Kier alpha value is -7.22. The summed E-state index contributed by atoms with van der Waals surface area (Å²) in [4.78, 5) is 2.47. The second-order valence-corrected chi connectivity index (χ2v) is 25.0. The molecule has 356 valence electrons. The van der Waals surface area contributed by atoms with E-state index in [9.17, 15) is 0 Å². The molecule has 0 radical (unpaired) electrons. The SMILES string of the molecule is CC(C)(C)c1ccc(C(c2ccc(C(C)(C)C)cc2)c2ccc3c4ccc5c6cccc7c(N(c8ccc(C(C)(C)C)cc8)c8ccc(C(C)(C)C)cc8)ccc(c8ccc(c9cccc2c39)c4c58)c76)cc1. The Labute approximate surface area is 426 Å². The molecule has 0 atom stereocenters. The van der Waals surface area contributed by atoms with Gasteiger partial charge in [0, 0.05) is 22.7 Å². The number of hydrogen-bond acceptors (Lipinski definition) is 1. The number of benzene rings is 12. The van der Waals surface area contributed by atoms with Crippen LogP contribution in [-0.4, -0.2) is 0 Å². The van der Waals surface area contributed by atoms with E-state index in [1.807, 2.05) is 0 Å². The van der Waals surface area contributed by atoms with Crippen molar-refractivity contribution in [3.8, 4) is 0 Å². The van der Waals surface area contributed by atoms with Crippen LogP contribution in [0.2, 0.25) is 0 Å². The maximum absolute atomic E-state index is 2.47. The maximum Gasteiger partial charge on any atom is 0.0540 e. The average Bonchev–Trinajstić information content (AvgIpc) is 3.35. The van der Waals surface area contributed by atoms with Crippen molar-refractivity contribution in [3.63, 3.8) is 0 Å². The Morgan fingerprint density at radius 3 is 0.944 bits per heavy atom. The number of anilines is 3. The molecular formula is C71H67N. The molecule has 0 fully saturated rings. The van der Waals surface area contributed by atoms with Crippen molar-refractivity contribution in [3.05, 3.63) is 221 Å². The highest BCUT2D eigenvalue weighted by Gasteiger charge is 2.27. The van der Waals surface area contributed by atoms with Crippen LogP contribution < -0.4 is 4.90 Å². The van der Waals surface area contributed by atoms with Gasteiger partial charge in [-0.1, -0.05) is 235 Å². The summed E-state index contributed by atoms with van der Waals surface area (Å²) in [5, 5.41) is 18.4. The van der Waals surface area contributed by atoms with E-state index < -0.39 is 0 Å². The van der Waals surface area contributed by atoms with E-state index in [-0.39, 0.29) is 27.6 Å². The van der Waals surface area contributed by atoms with E-state index in [0.29, 0.717) is 0 Å². The van der Waals surface area contributed by atoms with E-state index >= 15 is 0 Å². The first-order valence-electron chi connectivity index (χ1n) is 26.2. The van der Waals surface area contributed by atoms with Crippen LogP contribution in [0.5, 0.6) is 0 Å². The molecule has 0 aliphatic rings. The highest BCUT2D eigenvalue weighted by molar-refractivity contribution is 6.42. The summed E-state index contributed by atoms with van der Waals surface area (Å²) >= 11 is 0. The number of rotatable bonds is 6. The lowest BCUT2D eigenvalue weighted by Gasteiger charge is -2.29. The van der Waals surface area contributed by atoms with E-state index in [1.165, 1.54) is 120 Å². The van der Waals surface area contributed by atoms with Gasteiger partial charge in [0.25, 0.3) is 0 Å². The van der Waals surface area contributed by atoms with E-state index in [4.69, 9.17) is 0 Å². The van der Waals surface area contributed by atoms with Gasteiger partial charge in [0.2, 0.25) is 0 Å². The van der Waals surface area contributed by atoms with Crippen molar-refractivity contribution in [1.29, 1.82) is 0 Å². The van der Waals surface area contributed by atoms with Crippen molar-refractivity contribution in [2.24, 2.45) is 0 Å². The van der Waals surface area contributed by atoms with Crippen LogP contribution in [0.15, 0.2) is 182 Å². The largest absolute Gasteiger partial charge is 0.310 e. The second-order valence-electron chi connectivity index (χ2n) is 25.0. The summed E-state index contributed by atoms with van der Waals surface area (Å²) in [6.07, 6.45) is 0. The minimum atomic E-state index is 0.0614. The third kappa shape index (κ3) is 7.33. The fourth-order valence-electron chi connectivity index (χ4n) is 12.1. The summed E-state index contributed by atoms with van der Waals surface area (Å²) in [6, 6.07) is 70.7. The highest BCUT2D eigenvalue weighted by atomic mass is 15.1. The summed E-state index contributed by atoms with van der Waals surface area (Å²) in [6.45, 7) is 27.5. The van der Waals surface area contributed by atoms with E-state index in [1.54, 1.807) is 0 Å². The Morgan fingerprint density at radius 1 is 0.264 bits per heavy atom. The van der Waals surface area contributed by atoms with E-state index in [2.05, 4.69) is 270 Å². The second kappa shape index (κ2) is 16.1. The predicted molar refractivity (Wildman–Crippen MR) is 315 cm³/mol. The van der Waals surface area contributed by atoms with Crippen LogP contribution in [0.1, 0.15) is 128 Å². The Morgan fingerprint density at radius 2 is 0.556 bits per heavy atom. The number of fused-ring (bicyclic) bond motifs is 4. The highest BCUT2D eigenvalue weighted by Crippen LogP contribution is 2.51. The summed E-state index contributed by atoms with van der Waals surface area (Å²) in [5.74, 6) is 0.0672. The van der Waals surface area contributed by atoms with Gasteiger partial charge in [-0.05, 0) is 161 Å². The Balaban J connectivity index is 1.07. The summed E-state index contributed by atoms with van der Waals surface area (Å²) in [7, 11) is 0. The zero-order valence-electron chi connectivity index (χ0n) is 44.3. The van der Waals surface area contributed by atoms with Crippen LogP contribution in [0, 0.1) is 0 Å². The van der Waals surface area contributed by atoms with Crippen LogP contribution in [0.4, 0.5) is 17.1 Å². The molecule has 72 heavy (non-hydrogen) atoms. The zero-order valence-corrected chi connectivity index (χ0v) is 44.3. The molecule has 0 unspecified atom stereocenters. The molecule has 0 aromatic heterocycles. The lowest BCUT2D eigenvalue weighted by molar-refractivity contribution is 0.589. The molecule has 1 nitrogen and oxygen atoms in total. The fraction of sp³-hybridized carbons (Fsp3) is 0.239. The molecule has 0 saturated carbocycles. The summed E-state index contributed by atoms with van der Waals surface area (Å²) < 4.78 is 0. The monoisotopic (exact) mass is 934 g/mol. The van der Waals surface area contributed by atoms with Gasteiger partial charge in [-0.3, -0.25) is 0 Å². The van der Waals surface area contributed by atoms with Gasteiger partial charge >= 0.3 is 0 Å². The molecule has 0 amide bonds. The first-order chi connectivity index (χ1) is 34.3. The topological polar surface area (TPSA) is 3.24 Å². The fourth-order valence-corrected chi connectivity index (χ4v) is 12.1. The molecule has 0 N–H and O–H groups in total. The van der Waals surface area contributed by atoms with Crippen molar-refractivity contribution in [2.45, 2.75) is 111 Å². The predicted octanol–water partition coefficient (Wildman–Crippen LogP) is 20.5. The molecule has 12 rings (SSSR count). The number of nitrogens with zero attached hydrogens (tertiary/aromatic N) is 1. The van der Waals surface area contributed by atoms with Crippen molar-refractivity contribution < 1.29 is 0 Å². The first-order valence-corrected chi connectivity index (χ1v) is 26.2. The Bertz CT molecular complexity index is 3560. The molecular weight excluding hydrogens is 867 g/mol. The molecule has 1 heteroatoms. The number of hydrogen-bond donors (Lipinski definition) is 0. The molecule has 0 aliphatic carbocycles. The van der Waals surface area contributed by atoms with Crippen molar-refractivity contribution in [1.82, 2.24) is 0 Å². The maximum atomic E-state index is 2.47. The van der Waals surface area contributed by atoms with Gasteiger partial charge in [-0.25, -0.2) is 0 Å². The molecule has 0 saturated heterocycles. The molecule has 12 aromatic carbocycles. The van der Waals surface area contributed by atoms with E-state index in [0.717, 1.165) is 11.4 Å². The minimum Gasteiger partial charge on any atom is -0.310 e. The Kier molecular flexibility index (Phi) is 10.3. The molecule has 12 aromatic rings. The van der Waals surface area contributed by atoms with Gasteiger partial charge in [-0.15, -0.1) is 0 Å². The standard InChI is InChI=1S/C71H67N/c1-68(2,3)45-23-19-43(20-24-45)63(44-21-25-46(26-22-44)69(4,5)6)54-35-36-55-59-39-38-58-53-17-14-18-61-62(72(49-31-27-47(28-32-49)70(7,8)9)50-33-29-48(30-34-50)71(10,11)12)42-41-56(65(53)61)60-40-37-57(66(59)67(58)60)52-16-13-15-51(54)64(52)55/h13-42,63H,1-12H3. The third-order valence-corrected chi connectivity index (χ3v) is 16.2. The normalized spacial score (nSPS) is 13.1. The minimum absolute atomic E-state index is 0.0614. The average molecular weight is 934 g/mol. The van der Waals surface area contributed by atoms with Gasteiger partial charge in [0.15, 0.2) is 0 Å². The van der Waals surface area contributed by atoms with Crippen molar-refractivity contribution >= 4 is 92.5 Å². The van der Waals surface area contributed by atoms with Crippen LogP contribution in [-0.2, 0) is 21.7 Å². The van der Waals surface area contributed by atoms with Crippen molar-refractivity contribution in [2.75, 3.05) is 4.90 Å². The quantitative estimate of drug-likeness (QED) is 0.0912. The zero-order chi connectivity index (χ0) is 50.2. The van der Waals surface area contributed by atoms with Gasteiger partial charge in [-0.2, -0.15) is 0 Å². The molecule has 0 heterocycles. The lowest BCUT2D eigenvalue weighted by Crippen LogP contribution is -2.14. The molecule has 0 spiro atoms. The third-order valence-electron chi connectivity index (χ3n) is 16.2. The van der Waals surface area contributed by atoms with Gasteiger partial charge < -0.3 is 4.90 Å². The van der Waals surface area contributed by atoms with Crippen LogP contribution in [0.25, 0.3) is 75.4 Å². The van der Waals surface area contributed by atoms with Crippen LogP contribution >= 0.6 is 0 Å². The smallest absolute Gasteiger partial charge is 0.0540 e. The summed E-state index contributed by atoms with van der Waals surface area (Å²) in [5.41, 5.74) is 13.1. The van der Waals surface area contributed by atoms with Gasteiger partial charge in [0.1, 0.15) is 0 Å². The first kappa shape index (κ1) is 45.9. The van der Waals surface area contributed by atoms with Crippen LogP contribution in [0.3, 0.4) is 0 Å². The molecule has 0 bridgehead atoms.